The molecule has 5 heteroatoms. The lowest BCUT2D eigenvalue weighted by Gasteiger charge is -2.13. The summed E-state index contributed by atoms with van der Waals surface area (Å²) in [7, 11) is 0. The van der Waals surface area contributed by atoms with E-state index in [0.29, 0.717) is 5.69 Å². The summed E-state index contributed by atoms with van der Waals surface area (Å²) in [6, 6.07) is 5.74. The van der Waals surface area contributed by atoms with Crippen LogP contribution < -0.4 is 10.6 Å². The molecule has 0 heterocycles. The number of halogens is 1. The Morgan fingerprint density at radius 2 is 2.24 bits per heavy atom. The van der Waals surface area contributed by atoms with Crippen LogP contribution in [0.4, 0.5) is 10.1 Å². The van der Waals surface area contributed by atoms with Gasteiger partial charge in [-0.15, -0.1) is 0 Å². The quantitative estimate of drug-likeness (QED) is 0.713. The van der Waals surface area contributed by atoms with Crippen molar-refractivity contribution in [2.24, 2.45) is 0 Å². The molecule has 1 aromatic rings. The molecule has 0 unspecified atom stereocenters. The maximum Gasteiger partial charge on any atom is 0.238 e. The molecule has 1 aliphatic carbocycles. The van der Waals surface area contributed by atoms with Gasteiger partial charge in [-0.25, -0.2) is 4.39 Å². The van der Waals surface area contributed by atoms with Crippen LogP contribution >= 0.6 is 0 Å². The number of aliphatic hydroxyl groups is 1. The predicted molar refractivity (Wildman–Crippen MR) is 62.1 cm³/mol. The van der Waals surface area contributed by atoms with Crippen LogP contribution in [0.15, 0.2) is 24.3 Å². The molecule has 92 valence electrons. The first-order valence-electron chi connectivity index (χ1n) is 5.55. The third kappa shape index (κ3) is 3.25. The van der Waals surface area contributed by atoms with Crippen LogP contribution in [-0.2, 0) is 4.79 Å². The lowest BCUT2D eigenvalue weighted by molar-refractivity contribution is -0.115. The summed E-state index contributed by atoms with van der Waals surface area (Å²) >= 11 is 0. The highest BCUT2D eigenvalue weighted by Crippen LogP contribution is 2.34. The number of rotatable bonds is 5. The van der Waals surface area contributed by atoms with Gasteiger partial charge in [0.15, 0.2) is 0 Å². The number of hydrogen-bond acceptors (Lipinski definition) is 3. The molecular weight excluding hydrogens is 223 g/mol. The molecule has 0 spiro atoms. The number of amides is 1. The van der Waals surface area contributed by atoms with Crippen molar-refractivity contribution in [3.63, 3.8) is 0 Å². The second-order valence-corrected chi connectivity index (χ2v) is 4.35. The fraction of sp³-hybridized carbons (Fsp3) is 0.417. The van der Waals surface area contributed by atoms with E-state index in [2.05, 4.69) is 10.6 Å². The third-order valence-electron chi connectivity index (χ3n) is 2.89. The molecule has 2 rings (SSSR count). The van der Waals surface area contributed by atoms with Gasteiger partial charge in [-0.2, -0.15) is 0 Å². The van der Waals surface area contributed by atoms with Crippen molar-refractivity contribution >= 4 is 11.6 Å². The SMILES string of the molecule is O=C(CNC1(CO)CC1)Nc1cccc(F)c1. The maximum atomic E-state index is 12.9. The van der Waals surface area contributed by atoms with E-state index in [1.54, 1.807) is 6.07 Å². The smallest absolute Gasteiger partial charge is 0.238 e. The van der Waals surface area contributed by atoms with Crippen LogP contribution in [0.1, 0.15) is 12.8 Å². The zero-order valence-corrected chi connectivity index (χ0v) is 9.37. The van der Waals surface area contributed by atoms with Crippen LogP contribution in [0.25, 0.3) is 0 Å². The normalized spacial score (nSPS) is 16.6. The van der Waals surface area contributed by atoms with Crippen LogP contribution in [0, 0.1) is 5.82 Å². The van der Waals surface area contributed by atoms with E-state index in [-0.39, 0.29) is 30.4 Å². The van der Waals surface area contributed by atoms with Crippen molar-refractivity contribution in [2.45, 2.75) is 18.4 Å². The van der Waals surface area contributed by atoms with E-state index in [1.807, 2.05) is 0 Å². The summed E-state index contributed by atoms with van der Waals surface area (Å²) in [4.78, 5) is 11.5. The molecule has 0 aromatic heterocycles. The molecule has 4 nitrogen and oxygen atoms in total. The molecule has 1 aliphatic rings. The Balaban J connectivity index is 1.81. The van der Waals surface area contributed by atoms with E-state index < -0.39 is 0 Å². The fourth-order valence-electron chi connectivity index (χ4n) is 1.58. The van der Waals surface area contributed by atoms with Gasteiger partial charge in [0.2, 0.25) is 5.91 Å². The fourth-order valence-corrected chi connectivity index (χ4v) is 1.58. The molecule has 0 aliphatic heterocycles. The highest BCUT2D eigenvalue weighted by Gasteiger charge is 2.41. The van der Waals surface area contributed by atoms with Crippen LogP contribution in [0.2, 0.25) is 0 Å². The molecule has 0 atom stereocenters. The standard InChI is InChI=1S/C12H15FN2O2/c13-9-2-1-3-10(6-9)15-11(17)7-14-12(8-16)4-5-12/h1-3,6,14,16H,4-5,7-8H2,(H,15,17). The monoisotopic (exact) mass is 238 g/mol. The summed E-state index contributed by atoms with van der Waals surface area (Å²) in [5.41, 5.74) is 0.171. The first kappa shape index (κ1) is 12.0. The van der Waals surface area contributed by atoms with Gasteiger partial charge >= 0.3 is 0 Å². The molecule has 3 N–H and O–H groups in total. The Morgan fingerprint density at radius 1 is 1.47 bits per heavy atom. The molecule has 0 radical (unpaired) electrons. The maximum absolute atomic E-state index is 12.9. The number of nitrogens with one attached hydrogen (secondary N) is 2. The Hall–Kier alpha value is -1.46. The second kappa shape index (κ2) is 4.81. The first-order valence-corrected chi connectivity index (χ1v) is 5.55. The molecule has 17 heavy (non-hydrogen) atoms. The van der Waals surface area contributed by atoms with Gasteiger partial charge in [-0.05, 0) is 31.0 Å². The summed E-state index contributed by atoms with van der Waals surface area (Å²) in [6.45, 7) is 0.164. The highest BCUT2D eigenvalue weighted by atomic mass is 19.1. The first-order chi connectivity index (χ1) is 8.13. The summed E-state index contributed by atoms with van der Waals surface area (Å²) in [5, 5.41) is 14.6. The zero-order chi connectivity index (χ0) is 12.3. The van der Waals surface area contributed by atoms with Crippen molar-refractivity contribution in [1.82, 2.24) is 5.32 Å². The van der Waals surface area contributed by atoms with Gasteiger partial charge < -0.3 is 15.7 Å². The largest absolute Gasteiger partial charge is 0.394 e. The average molecular weight is 238 g/mol. The van der Waals surface area contributed by atoms with Crippen molar-refractivity contribution in [3.8, 4) is 0 Å². The molecule has 0 bridgehead atoms. The minimum Gasteiger partial charge on any atom is -0.394 e. The van der Waals surface area contributed by atoms with E-state index in [4.69, 9.17) is 5.11 Å². The van der Waals surface area contributed by atoms with Gasteiger partial charge in [-0.3, -0.25) is 4.79 Å². The van der Waals surface area contributed by atoms with Crippen molar-refractivity contribution in [2.75, 3.05) is 18.5 Å². The minimum absolute atomic E-state index is 0.0419. The van der Waals surface area contributed by atoms with Crippen LogP contribution in [0.5, 0.6) is 0 Å². The third-order valence-corrected chi connectivity index (χ3v) is 2.89. The van der Waals surface area contributed by atoms with Gasteiger partial charge in [0.25, 0.3) is 0 Å². The van der Waals surface area contributed by atoms with Gasteiger partial charge in [0, 0.05) is 11.2 Å². The number of anilines is 1. The second-order valence-electron chi connectivity index (χ2n) is 4.35. The lowest BCUT2D eigenvalue weighted by atomic mass is 10.3. The summed E-state index contributed by atoms with van der Waals surface area (Å²) in [5.74, 6) is -0.625. The molecule has 1 amide bonds. The molecule has 1 aromatic carbocycles. The Morgan fingerprint density at radius 3 is 2.82 bits per heavy atom. The Bertz CT molecular complexity index is 419. The minimum atomic E-state index is -0.384. The summed E-state index contributed by atoms with van der Waals surface area (Å²) < 4.78 is 12.9. The van der Waals surface area contributed by atoms with Crippen molar-refractivity contribution in [3.05, 3.63) is 30.1 Å². The van der Waals surface area contributed by atoms with E-state index in [9.17, 15) is 9.18 Å². The highest BCUT2D eigenvalue weighted by molar-refractivity contribution is 5.92. The van der Waals surface area contributed by atoms with E-state index in [1.165, 1.54) is 18.2 Å². The number of aliphatic hydroxyl groups excluding tert-OH is 1. The van der Waals surface area contributed by atoms with Gasteiger partial charge in [0.1, 0.15) is 5.82 Å². The number of carbonyl (C=O) groups excluding carboxylic acids is 1. The Labute approximate surface area is 98.8 Å². The number of hydrogen-bond donors (Lipinski definition) is 3. The predicted octanol–water partition coefficient (Wildman–Crippen LogP) is 0.879. The Kier molecular flexibility index (Phi) is 3.40. The number of benzene rings is 1. The zero-order valence-electron chi connectivity index (χ0n) is 9.37. The van der Waals surface area contributed by atoms with Crippen molar-refractivity contribution < 1.29 is 14.3 Å². The van der Waals surface area contributed by atoms with Crippen LogP contribution in [-0.4, -0.2) is 29.7 Å². The molecule has 0 saturated heterocycles. The van der Waals surface area contributed by atoms with E-state index in [0.717, 1.165) is 12.8 Å². The van der Waals surface area contributed by atoms with E-state index >= 15 is 0 Å². The lowest BCUT2D eigenvalue weighted by Crippen LogP contribution is -2.40. The van der Waals surface area contributed by atoms with Gasteiger partial charge in [0.05, 0.1) is 13.2 Å². The average Bonchev–Trinajstić information content (AvgIpc) is 3.07. The van der Waals surface area contributed by atoms with Gasteiger partial charge in [-0.1, -0.05) is 6.07 Å². The molecule has 1 fully saturated rings. The van der Waals surface area contributed by atoms with Crippen molar-refractivity contribution in [1.29, 1.82) is 0 Å². The number of carbonyl (C=O) groups is 1. The topological polar surface area (TPSA) is 61.4 Å². The molecule has 1 saturated carbocycles. The molecular formula is C12H15FN2O2. The van der Waals surface area contributed by atoms with Crippen LogP contribution in [0.3, 0.4) is 0 Å². The summed E-state index contributed by atoms with van der Waals surface area (Å²) in [6.07, 6.45) is 1.77.